The van der Waals surface area contributed by atoms with Gasteiger partial charge in [0.1, 0.15) is 5.82 Å². The van der Waals surface area contributed by atoms with E-state index < -0.39 is 29.0 Å². The summed E-state index contributed by atoms with van der Waals surface area (Å²) in [7, 11) is 0. The van der Waals surface area contributed by atoms with Crippen molar-refractivity contribution < 1.29 is 26.3 Å². The Hall–Kier alpha value is -1.20. The zero-order chi connectivity index (χ0) is 11.9. The highest BCUT2D eigenvalue weighted by Crippen LogP contribution is 2.40. The third-order valence-corrected chi connectivity index (χ3v) is 1.76. The number of hydrogen-bond acceptors (Lipinski definition) is 0. The van der Waals surface area contributed by atoms with E-state index in [-0.39, 0.29) is 6.92 Å². The van der Waals surface area contributed by atoms with Crippen molar-refractivity contribution in [3.63, 3.8) is 0 Å². The molecule has 0 saturated carbocycles. The van der Waals surface area contributed by atoms with Crippen LogP contribution in [-0.4, -0.2) is 0 Å². The zero-order valence-electron chi connectivity index (χ0n) is 7.50. The average molecular weight is 228 g/mol. The zero-order valence-corrected chi connectivity index (χ0v) is 7.50. The second-order valence-electron chi connectivity index (χ2n) is 3.05. The first kappa shape index (κ1) is 11.9. The highest BCUT2D eigenvalue weighted by Gasteiger charge is 2.41. The van der Waals surface area contributed by atoms with Gasteiger partial charge in [0.2, 0.25) is 0 Å². The molecule has 0 unspecified atom stereocenters. The first-order chi connectivity index (χ1) is 6.64. The SMILES string of the molecule is CC(F)(F)c1c(F)cccc1C(F)(F)F. The first-order valence-electron chi connectivity index (χ1n) is 3.88. The monoisotopic (exact) mass is 228 g/mol. The van der Waals surface area contributed by atoms with Gasteiger partial charge in [-0.25, -0.2) is 13.2 Å². The molecule has 0 radical (unpaired) electrons. The van der Waals surface area contributed by atoms with E-state index in [9.17, 15) is 26.3 Å². The van der Waals surface area contributed by atoms with Crippen LogP contribution in [0.2, 0.25) is 0 Å². The van der Waals surface area contributed by atoms with E-state index in [0.29, 0.717) is 12.1 Å². The van der Waals surface area contributed by atoms with E-state index in [4.69, 9.17) is 0 Å². The van der Waals surface area contributed by atoms with Crippen molar-refractivity contribution in [2.45, 2.75) is 19.0 Å². The minimum absolute atomic E-state index is 0.223. The molecule has 1 rings (SSSR count). The predicted molar refractivity (Wildman–Crippen MR) is 41.0 cm³/mol. The molecule has 0 spiro atoms. The van der Waals surface area contributed by atoms with E-state index in [0.717, 1.165) is 6.07 Å². The van der Waals surface area contributed by atoms with Gasteiger partial charge in [-0.05, 0) is 12.1 Å². The fourth-order valence-corrected chi connectivity index (χ4v) is 1.21. The van der Waals surface area contributed by atoms with E-state index in [1.165, 1.54) is 0 Å². The van der Waals surface area contributed by atoms with Gasteiger partial charge in [-0.2, -0.15) is 13.2 Å². The maximum absolute atomic E-state index is 12.9. The Morgan fingerprint density at radius 3 is 1.87 bits per heavy atom. The minimum Gasteiger partial charge on any atom is -0.206 e. The van der Waals surface area contributed by atoms with Crippen molar-refractivity contribution in [1.82, 2.24) is 0 Å². The molecule has 0 amide bonds. The van der Waals surface area contributed by atoms with Crippen LogP contribution in [0.15, 0.2) is 18.2 Å². The highest BCUT2D eigenvalue weighted by atomic mass is 19.4. The number of alkyl halides is 5. The van der Waals surface area contributed by atoms with Crippen LogP contribution in [0.3, 0.4) is 0 Å². The van der Waals surface area contributed by atoms with Crippen LogP contribution in [0.25, 0.3) is 0 Å². The molecule has 0 N–H and O–H groups in total. The second-order valence-corrected chi connectivity index (χ2v) is 3.05. The van der Waals surface area contributed by atoms with Crippen LogP contribution in [0, 0.1) is 5.82 Å². The molecule has 0 heterocycles. The summed E-state index contributed by atoms with van der Waals surface area (Å²) in [6.07, 6.45) is -4.99. The third kappa shape index (κ3) is 2.43. The Balaban J connectivity index is 3.48. The Morgan fingerprint density at radius 1 is 1.00 bits per heavy atom. The molecule has 0 aliphatic carbocycles. The van der Waals surface area contributed by atoms with E-state index in [2.05, 4.69) is 0 Å². The molecule has 0 atom stereocenters. The molecular formula is C9H6F6. The lowest BCUT2D eigenvalue weighted by Gasteiger charge is -2.18. The topological polar surface area (TPSA) is 0 Å². The number of benzene rings is 1. The normalized spacial score (nSPS) is 13.0. The Kier molecular flexibility index (Phi) is 2.71. The fraction of sp³-hybridized carbons (Fsp3) is 0.333. The van der Waals surface area contributed by atoms with Crippen molar-refractivity contribution in [1.29, 1.82) is 0 Å². The summed E-state index contributed by atoms with van der Waals surface area (Å²) in [4.78, 5) is 0. The van der Waals surface area contributed by atoms with Gasteiger partial charge in [-0.15, -0.1) is 0 Å². The summed E-state index contributed by atoms with van der Waals surface area (Å²) in [5, 5.41) is 0. The van der Waals surface area contributed by atoms with E-state index in [1.807, 2.05) is 0 Å². The highest BCUT2D eigenvalue weighted by molar-refractivity contribution is 5.34. The van der Waals surface area contributed by atoms with Crippen LogP contribution in [0.4, 0.5) is 26.3 Å². The quantitative estimate of drug-likeness (QED) is 0.638. The van der Waals surface area contributed by atoms with Crippen LogP contribution in [0.5, 0.6) is 0 Å². The number of rotatable bonds is 1. The molecule has 6 heteroatoms. The molecule has 0 aliphatic heterocycles. The summed E-state index contributed by atoms with van der Waals surface area (Å²) in [6.45, 7) is 0.223. The Morgan fingerprint density at radius 2 is 1.53 bits per heavy atom. The standard InChI is InChI=1S/C9H6F6/c1-8(11,12)7-5(9(13,14)15)3-2-4-6(7)10/h2-4H,1H3. The van der Waals surface area contributed by atoms with Crippen molar-refractivity contribution >= 4 is 0 Å². The number of halogens is 6. The molecule has 84 valence electrons. The van der Waals surface area contributed by atoms with Gasteiger partial charge in [0.25, 0.3) is 5.92 Å². The molecular weight excluding hydrogens is 222 g/mol. The van der Waals surface area contributed by atoms with Crippen LogP contribution >= 0.6 is 0 Å². The van der Waals surface area contributed by atoms with Crippen molar-refractivity contribution in [2.24, 2.45) is 0 Å². The second kappa shape index (κ2) is 3.43. The van der Waals surface area contributed by atoms with Gasteiger partial charge >= 0.3 is 6.18 Å². The van der Waals surface area contributed by atoms with Gasteiger partial charge in [-0.1, -0.05) is 6.07 Å². The van der Waals surface area contributed by atoms with Crippen LogP contribution in [-0.2, 0) is 12.1 Å². The molecule has 1 aromatic rings. The summed E-state index contributed by atoms with van der Waals surface area (Å²) in [6, 6.07) is 1.74. The van der Waals surface area contributed by atoms with Crippen molar-refractivity contribution in [3.05, 3.63) is 35.1 Å². The lowest BCUT2D eigenvalue weighted by Crippen LogP contribution is -2.19. The molecule has 0 aliphatic rings. The summed E-state index contributed by atoms with van der Waals surface area (Å²) < 4.78 is 75.2. The lowest BCUT2D eigenvalue weighted by atomic mass is 10.0. The molecule has 0 aromatic heterocycles. The smallest absolute Gasteiger partial charge is 0.206 e. The molecule has 0 nitrogen and oxygen atoms in total. The Labute approximate surface area is 81.5 Å². The summed E-state index contributed by atoms with van der Waals surface area (Å²) in [5.41, 5.74) is -3.26. The van der Waals surface area contributed by atoms with E-state index >= 15 is 0 Å². The van der Waals surface area contributed by atoms with Gasteiger partial charge in [0.15, 0.2) is 0 Å². The van der Waals surface area contributed by atoms with Gasteiger partial charge in [0, 0.05) is 6.92 Å². The maximum Gasteiger partial charge on any atom is 0.416 e. The summed E-state index contributed by atoms with van der Waals surface area (Å²) >= 11 is 0. The largest absolute Gasteiger partial charge is 0.416 e. The van der Waals surface area contributed by atoms with Crippen LogP contribution in [0.1, 0.15) is 18.1 Å². The predicted octanol–water partition coefficient (Wildman–Crippen LogP) is 3.96. The molecule has 1 aromatic carbocycles. The molecule has 15 heavy (non-hydrogen) atoms. The third-order valence-electron chi connectivity index (χ3n) is 1.76. The van der Waals surface area contributed by atoms with Crippen LogP contribution < -0.4 is 0 Å². The minimum atomic E-state index is -4.99. The van der Waals surface area contributed by atoms with E-state index in [1.54, 1.807) is 0 Å². The Bertz CT molecular complexity index is 360. The van der Waals surface area contributed by atoms with Gasteiger partial charge < -0.3 is 0 Å². The van der Waals surface area contributed by atoms with Gasteiger partial charge in [0.05, 0.1) is 11.1 Å². The van der Waals surface area contributed by atoms with Gasteiger partial charge in [-0.3, -0.25) is 0 Å². The lowest BCUT2D eigenvalue weighted by molar-refractivity contribution is -0.142. The first-order valence-corrected chi connectivity index (χ1v) is 3.88. The molecule has 0 bridgehead atoms. The maximum atomic E-state index is 12.9. The molecule has 0 fully saturated rings. The van der Waals surface area contributed by atoms with Crippen molar-refractivity contribution in [3.8, 4) is 0 Å². The molecule has 0 saturated heterocycles. The van der Waals surface area contributed by atoms with Crippen molar-refractivity contribution in [2.75, 3.05) is 0 Å². The summed E-state index contributed by atoms with van der Waals surface area (Å²) in [5.74, 6) is -5.42. The number of hydrogen-bond donors (Lipinski definition) is 0. The average Bonchev–Trinajstić information content (AvgIpc) is 1.99. The fourth-order valence-electron chi connectivity index (χ4n) is 1.21.